The first-order valence-electron chi connectivity index (χ1n) is 4.84. The van der Waals surface area contributed by atoms with Gasteiger partial charge < -0.3 is 5.73 Å². The summed E-state index contributed by atoms with van der Waals surface area (Å²) in [6.45, 7) is 0.853. The highest BCUT2D eigenvalue weighted by atomic mass is 79.9. The lowest BCUT2D eigenvalue weighted by molar-refractivity contribution is 0.584. The molecule has 3 nitrogen and oxygen atoms in total. The van der Waals surface area contributed by atoms with Gasteiger partial charge in [0.05, 0.1) is 12.7 Å². The second-order valence-electron chi connectivity index (χ2n) is 3.49. The number of hydrogen-bond acceptors (Lipinski definition) is 2. The van der Waals surface area contributed by atoms with E-state index in [0.29, 0.717) is 18.7 Å². The first-order chi connectivity index (χ1) is 7.69. The zero-order valence-electron chi connectivity index (χ0n) is 8.53. The largest absolute Gasteiger partial charge is 0.326 e. The smallest absolute Gasteiger partial charge is 0.128 e. The van der Waals surface area contributed by atoms with E-state index in [9.17, 15) is 4.39 Å². The predicted molar refractivity (Wildman–Crippen MR) is 63.3 cm³/mol. The summed E-state index contributed by atoms with van der Waals surface area (Å²) in [6, 6.07) is 4.86. The molecule has 0 aliphatic rings. The van der Waals surface area contributed by atoms with Crippen molar-refractivity contribution in [3.8, 4) is 0 Å². The molecule has 0 spiro atoms. The molecule has 16 heavy (non-hydrogen) atoms. The van der Waals surface area contributed by atoms with E-state index in [0.717, 1.165) is 10.0 Å². The minimum atomic E-state index is -0.229. The Morgan fingerprint density at radius 3 is 2.94 bits per heavy atom. The van der Waals surface area contributed by atoms with Gasteiger partial charge in [-0.15, -0.1) is 0 Å². The van der Waals surface area contributed by atoms with Crippen molar-refractivity contribution in [2.24, 2.45) is 5.73 Å². The van der Waals surface area contributed by atoms with Gasteiger partial charge in [-0.2, -0.15) is 5.10 Å². The maximum Gasteiger partial charge on any atom is 0.128 e. The van der Waals surface area contributed by atoms with E-state index in [-0.39, 0.29) is 5.82 Å². The van der Waals surface area contributed by atoms with Gasteiger partial charge >= 0.3 is 0 Å². The maximum absolute atomic E-state index is 13.5. The van der Waals surface area contributed by atoms with Gasteiger partial charge in [0.2, 0.25) is 0 Å². The second-order valence-corrected chi connectivity index (χ2v) is 4.40. The van der Waals surface area contributed by atoms with Crippen molar-refractivity contribution in [2.75, 3.05) is 0 Å². The lowest BCUT2D eigenvalue weighted by Gasteiger charge is -2.04. The Labute approximate surface area is 101 Å². The molecule has 2 rings (SSSR count). The summed E-state index contributed by atoms with van der Waals surface area (Å²) in [5, 5.41) is 4.11. The van der Waals surface area contributed by atoms with Gasteiger partial charge in [-0.05, 0) is 18.2 Å². The van der Waals surface area contributed by atoms with Crippen LogP contribution in [0.15, 0.2) is 35.1 Å². The molecule has 0 aliphatic carbocycles. The molecule has 2 aromatic rings. The molecular weight excluding hydrogens is 273 g/mol. The van der Waals surface area contributed by atoms with E-state index in [1.807, 2.05) is 6.20 Å². The Hall–Kier alpha value is -1.20. The quantitative estimate of drug-likeness (QED) is 0.939. The SMILES string of the molecule is NCc1cnn(Cc2cc(Br)ccc2F)c1. The molecule has 0 unspecified atom stereocenters. The van der Waals surface area contributed by atoms with Gasteiger partial charge in [0.15, 0.2) is 0 Å². The third-order valence-corrected chi connectivity index (χ3v) is 2.76. The van der Waals surface area contributed by atoms with Crippen LogP contribution in [0.5, 0.6) is 0 Å². The van der Waals surface area contributed by atoms with Crippen molar-refractivity contribution in [1.82, 2.24) is 9.78 Å². The van der Waals surface area contributed by atoms with Crippen LogP contribution in [0.3, 0.4) is 0 Å². The van der Waals surface area contributed by atoms with Crippen molar-refractivity contribution < 1.29 is 4.39 Å². The first-order valence-corrected chi connectivity index (χ1v) is 5.63. The normalized spacial score (nSPS) is 10.7. The van der Waals surface area contributed by atoms with Crippen LogP contribution >= 0.6 is 15.9 Å². The number of hydrogen-bond donors (Lipinski definition) is 1. The molecular formula is C11H11BrFN3. The number of rotatable bonds is 3. The second kappa shape index (κ2) is 4.76. The average molecular weight is 284 g/mol. The van der Waals surface area contributed by atoms with Crippen molar-refractivity contribution in [3.63, 3.8) is 0 Å². The van der Waals surface area contributed by atoms with Crippen LogP contribution in [0.1, 0.15) is 11.1 Å². The predicted octanol–water partition coefficient (Wildman–Crippen LogP) is 2.29. The molecule has 0 fully saturated rings. The fourth-order valence-electron chi connectivity index (χ4n) is 1.44. The van der Waals surface area contributed by atoms with E-state index in [1.54, 1.807) is 23.0 Å². The molecule has 0 atom stereocenters. The summed E-state index contributed by atoms with van der Waals surface area (Å²) < 4.78 is 16.0. The van der Waals surface area contributed by atoms with E-state index in [1.165, 1.54) is 6.07 Å². The van der Waals surface area contributed by atoms with Crippen LogP contribution in [0.2, 0.25) is 0 Å². The summed E-state index contributed by atoms with van der Waals surface area (Å²) in [6.07, 6.45) is 3.51. The molecule has 0 radical (unpaired) electrons. The van der Waals surface area contributed by atoms with Gasteiger partial charge in [0, 0.05) is 28.3 Å². The molecule has 1 aromatic carbocycles. The summed E-state index contributed by atoms with van der Waals surface area (Å²) >= 11 is 3.31. The Morgan fingerprint density at radius 2 is 2.25 bits per heavy atom. The summed E-state index contributed by atoms with van der Waals surface area (Å²) in [7, 11) is 0. The Balaban J connectivity index is 2.22. The van der Waals surface area contributed by atoms with E-state index in [4.69, 9.17) is 5.73 Å². The maximum atomic E-state index is 13.5. The summed E-state index contributed by atoms with van der Waals surface area (Å²) in [4.78, 5) is 0. The Bertz CT molecular complexity index is 496. The molecule has 2 N–H and O–H groups in total. The highest BCUT2D eigenvalue weighted by Gasteiger charge is 2.04. The third-order valence-electron chi connectivity index (χ3n) is 2.26. The van der Waals surface area contributed by atoms with Crippen LogP contribution in [-0.4, -0.2) is 9.78 Å². The van der Waals surface area contributed by atoms with Gasteiger partial charge in [-0.1, -0.05) is 15.9 Å². The number of nitrogens with zero attached hydrogens (tertiary/aromatic N) is 2. The van der Waals surface area contributed by atoms with E-state index < -0.39 is 0 Å². The summed E-state index contributed by atoms with van der Waals surface area (Å²) in [5.41, 5.74) is 7.01. The van der Waals surface area contributed by atoms with Crippen molar-refractivity contribution in [2.45, 2.75) is 13.1 Å². The van der Waals surface area contributed by atoms with Gasteiger partial charge in [0.25, 0.3) is 0 Å². The topological polar surface area (TPSA) is 43.8 Å². The first kappa shape index (κ1) is 11.3. The van der Waals surface area contributed by atoms with Gasteiger partial charge in [0.1, 0.15) is 5.82 Å². The number of aromatic nitrogens is 2. The van der Waals surface area contributed by atoms with Crippen LogP contribution in [0, 0.1) is 5.82 Å². The Kier molecular flexibility index (Phi) is 3.36. The van der Waals surface area contributed by atoms with E-state index >= 15 is 0 Å². The highest BCUT2D eigenvalue weighted by Crippen LogP contribution is 2.16. The standard InChI is InChI=1S/C11H11BrFN3/c12-10-1-2-11(13)9(3-10)7-16-6-8(4-14)5-15-16/h1-3,5-6H,4,7,14H2. The van der Waals surface area contributed by atoms with Crippen LogP contribution in [0.4, 0.5) is 4.39 Å². The average Bonchev–Trinajstić information content (AvgIpc) is 2.71. The molecule has 5 heteroatoms. The fraction of sp³-hybridized carbons (Fsp3) is 0.182. The molecule has 0 saturated heterocycles. The minimum Gasteiger partial charge on any atom is -0.326 e. The highest BCUT2D eigenvalue weighted by molar-refractivity contribution is 9.10. The molecule has 84 valence electrons. The minimum absolute atomic E-state index is 0.229. The number of nitrogens with two attached hydrogens (primary N) is 1. The zero-order valence-corrected chi connectivity index (χ0v) is 10.1. The lowest BCUT2D eigenvalue weighted by atomic mass is 10.2. The van der Waals surface area contributed by atoms with Crippen molar-refractivity contribution in [3.05, 3.63) is 52.0 Å². The van der Waals surface area contributed by atoms with Crippen molar-refractivity contribution in [1.29, 1.82) is 0 Å². The molecule has 0 amide bonds. The van der Waals surface area contributed by atoms with Gasteiger partial charge in [-0.3, -0.25) is 4.68 Å². The summed E-state index contributed by atoms with van der Waals surface area (Å²) in [5.74, 6) is -0.229. The molecule has 1 heterocycles. The number of benzene rings is 1. The number of halogens is 2. The molecule has 0 saturated carbocycles. The zero-order chi connectivity index (χ0) is 11.5. The van der Waals surface area contributed by atoms with Gasteiger partial charge in [-0.25, -0.2) is 4.39 Å². The molecule has 1 aromatic heterocycles. The Morgan fingerprint density at radius 1 is 1.44 bits per heavy atom. The monoisotopic (exact) mass is 283 g/mol. The lowest BCUT2D eigenvalue weighted by Crippen LogP contribution is -2.02. The molecule has 0 aliphatic heterocycles. The van der Waals surface area contributed by atoms with Crippen LogP contribution < -0.4 is 5.73 Å². The fourth-order valence-corrected chi connectivity index (χ4v) is 1.85. The van der Waals surface area contributed by atoms with Crippen molar-refractivity contribution >= 4 is 15.9 Å². The molecule has 0 bridgehead atoms. The van der Waals surface area contributed by atoms with E-state index in [2.05, 4.69) is 21.0 Å². The third kappa shape index (κ3) is 2.48. The van der Waals surface area contributed by atoms with Crippen LogP contribution in [-0.2, 0) is 13.1 Å². The van der Waals surface area contributed by atoms with Crippen LogP contribution in [0.25, 0.3) is 0 Å².